The van der Waals surface area contributed by atoms with Crippen LogP contribution in [0.4, 0.5) is 15.0 Å². The number of carbonyl (C=O) groups excluding carboxylic acids is 2. The van der Waals surface area contributed by atoms with Gasteiger partial charge in [-0.1, -0.05) is 6.07 Å². The van der Waals surface area contributed by atoms with E-state index in [0.717, 1.165) is 5.69 Å². The lowest BCUT2D eigenvalue weighted by molar-refractivity contribution is -0.120. The molecule has 0 saturated heterocycles. The number of halogens is 1. The number of anilines is 1. The van der Waals surface area contributed by atoms with Gasteiger partial charge in [0.1, 0.15) is 17.7 Å². The Balaban J connectivity index is 2.12. The molecule has 0 aliphatic heterocycles. The van der Waals surface area contributed by atoms with Crippen LogP contribution in [-0.2, 0) is 4.79 Å². The number of carbonyl (C=O) groups is 2. The van der Waals surface area contributed by atoms with Gasteiger partial charge in [0.25, 0.3) is 0 Å². The zero-order valence-corrected chi connectivity index (χ0v) is 13.1. The van der Waals surface area contributed by atoms with Crippen molar-refractivity contribution in [3.05, 3.63) is 41.8 Å². The van der Waals surface area contributed by atoms with Gasteiger partial charge in [-0.05, 0) is 32.0 Å². The molecule has 7 nitrogen and oxygen atoms in total. The van der Waals surface area contributed by atoms with Gasteiger partial charge in [0, 0.05) is 18.8 Å². The Morgan fingerprint density at radius 2 is 2.04 bits per heavy atom. The van der Waals surface area contributed by atoms with Gasteiger partial charge in [-0.2, -0.15) is 5.10 Å². The Kier molecular flexibility index (Phi) is 4.95. The predicted molar refractivity (Wildman–Crippen MR) is 83.9 cm³/mol. The molecule has 8 heteroatoms. The summed E-state index contributed by atoms with van der Waals surface area (Å²) < 4.78 is 14.9. The maximum absolute atomic E-state index is 13.3. The van der Waals surface area contributed by atoms with Gasteiger partial charge in [-0.3, -0.25) is 10.1 Å². The van der Waals surface area contributed by atoms with Crippen molar-refractivity contribution in [2.75, 3.05) is 12.4 Å². The summed E-state index contributed by atoms with van der Waals surface area (Å²) in [4.78, 5) is 22.9. The molecule has 0 radical (unpaired) electrons. The number of aromatic nitrogens is 2. The standard InChI is InChI=1S/C15H18FN5O2/c1-9-7-13(18-10(2)14(22)19-15(23)17-3)20-21(9)12-6-4-5-11(16)8-12/h4-8,10H,1-3H3,(H,18,20)(H2,17,19,22,23)/t10-/m0/s1. The Morgan fingerprint density at radius 3 is 2.70 bits per heavy atom. The zero-order valence-electron chi connectivity index (χ0n) is 13.1. The Bertz CT molecular complexity index is 728. The van der Waals surface area contributed by atoms with E-state index >= 15 is 0 Å². The number of urea groups is 1. The third-order valence-electron chi connectivity index (χ3n) is 3.16. The van der Waals surface area contributed by atoms with Crippen molar-refractivity contribution in [3.63, 3.8) is 0 Å². The van der Waals surface area contributed by atoms with Crippen LogP contribution in [0.3, 0.4) is 0 Å². The molecule has 1 atom stereocenters. The first kappa shape index (κ1) is 16.5. The SMILES string of the molecule is CNC(=O)NC(=O)[C@H](C)Nc1cc(C)n(-c2cccc(F)c2)n1. The lowest BCUT2D eigenvalue weighted by Gasteiger charge is -2.12. The lowest BCUT2D eigenvalue weighted by Crippen LogP contribution is -2.44. The molecule has 0 saturated carbocycles. The van der Waals surface area contributed by atoms with Crippen molar-refractivity contribution in [2.24, 2.45) is 0 Å². The molecule has 0 fully saturated rings. The Hall–Kier alpha value is -2.90. The summed E-state index contributed by atoms with van der Waals surface area (Å²) in [6, 6.07) is 6.53. The van der Waals surface area contributed by atoms with E-state index in [9.17, 15) is 14.0 Å². The summed E-state index contributed by atoms with van der Waals surface area (Å²) in [5.74, 6) is -0.390. The number of nitrogens with zero attached hydrogens (tertiary/aromatic N) is 2. The number of aryl methyl sites for hydroxylation is 1. The van der Waals surface area contributed by atoms with Crippen molar-refractivity contribution < 1.29 is 14.0 Å². The highest BCUT2D eigenvalue weighted by molar-refractivity contribution is 5.97. The number of hydrogen-bond donors (Lipinski definition) is 3. The van der Waals surface area contributed by atoms with Crippen molar-refractivity contribution in [1.82, 2.24) is 20.4 Å². The average Bonchev–Trinajstić information content (AvgIpc) is 2.87. The van der Waals surface area contributed by atoms with Gasteiger partial charge >= 0.3 is 6.03 Å². The molecule has 122 valence electrons. The van der Waals surface area contributed by atoms with E-state index in [1.807, 2.05) is 6.92 Å². The first-order chi connectivity index (χ1) is 10.9. The van der Waals surface area contributed by atoms with Crippen LogP contribution in [0.1, 0.15) is 12.6 Å². The fraction of sp³-hybridized carbons (Fsp3) is 0.267. The molecule has 0 aliphatic carbocycles. The minimum atomic E-state index is -0.664. The van der Waals surface area contributed by atoms with Crippen LogP contribution in [0.25, 0.3) is 5.69 Å². The van der Waals surface area contributed by atoms with E-state index in [0.29, 0.717) is 11.5 Å². The molecule has 2 aromatic rings. The molecule has 1 heterocycles. The van der Waals surface area contributed by atoms with Crippen LogP contribution in [0, 0.1) is 12.7 Å². The monoisotopic (exact) mass is 319 g/mol. The van der Waals surface area contributed by atoms with E-state index in [1.165, 1.54) is 19.2 Å². The number of amides is 3. The van der Waals surface area contributed by atoms with E-state index in [2.05, 4.69) is 21.0 Å². The van der Waals surface area contributed by atoms with Gasteiger partial charge in [-0.15, -0.1) is 0 Å². The average molecular weight is 319 g/mol. The van der Waals surface area contributed by atoms with E-state index in [1.54, 1.807) is 29.8 Å². The zero-order chi connectivity index (χ0) is 17.0. The number of imide groups is 1. The minimum Gasteiger partial charge on any atom is -0.357 e. The summed E-state index contributed by atoms with van der Waals surface area (Å²) in [6.45, 7) is 3.42. The molecule has 3 N–H and O–H groups in total. The van der Waals surface area contributed by atoms with Crippen LogP contribution >= 0.6 is 0 Å². The highest BCUT2D eigenvalue weighted by Gasteiger charge is 2.17. The molecule has 2 rings (SSSR count). The molecule has 1 aromatic heterocycles. The number of hydrogen-bond acceptors (Lipinski definition) is 4. The normalized spacial score (nSPS) is 11.7. The summed E-state index contributed by atoms with van der Waals surface area (Å²) in [5, 5.41) is 11.7. The van der Waals surface area contributed by atoms with Crippen molar-refractivity contribution in [3.8, 4) is 5.69 Å². The minimum absolute atomic E-state index is 0.356. The van der Waals surface area contributed by atoms with Crippen LogP contribution in [0.15, 0.2) is 30.3 Å². The van der Waals surface area contributed by atoms with Crippen molar-refractivity contribution in [1.29, 1.82) is 0 Å². The van der Waals surface area contributed by atoms with Gasteiger partial charge < -0.3 is 10.6 Å². The summed E-state index contributed by atoms with van der Waals surface area (Å²) in [7, 11) is 1.42. The summed E-state index contributed by atoms with van der Waals surface area (Å²) in [6.07, 6.45) is 0. The largest absolute Gasteiger partial charge is 0.357 e. The topological polar surface area (TPSA) is 88.0 Å². The van der Waals surface area contributed by atoms with Gasteiger partial charge in [0.15, 0.2) is 0 Å². The maximum atomic E-state index is 13.3. The van der Waals surface area contributed by atoms with E-state index < -0.39 is 18.0 Å². The third-order valence-corrected chi connectivity index (χ3v) is 3.16. The number of benzene rings is 1. The second-order valence-corrected chi connectivity index (χ2v) is 5.00. The quantitative estimate of drug-likeness (QED) is 0.798. The second-order valence-electron chi connectivity index (χ2n) is 5.00. The van der Waals surface area contributed by atoms with E-state index in [-0.39, 0.29) is 5.82 Å². The molecule has 0 spiro atoms. The van der Waals surface area contributed by atoms with Crippen LogP contribution in [0.2, 0.25) is 0 Å². The predicted octanol–water partition coefficient (Wildman–Crippen LogP) is 1.58. The molecular formula is C15H18FN5O2. The van der Waals surface area contributed by atoms with Crippen LogP contribution in [-0.4, -0.2) is 34.8 Å². The maximum Gasteiger partial charge on any atom is 0.321 e. The van der Waals surface area contributed by atoms with Crippen molar-refractivity contribution >= 4 is 17.8 Å². The summed E-state index contributed by atoms with van der Waals surface area (Å²) >= 11 is 0. The molecule has 23 heavy (non-hydrogen) atoms. The number of nitrogens with one attached hydrogen (secondary N) is 3. The first-order valence-corrected chi connectivity index (χ1v) is 7.02. The highest BCUT2D eigenvalue weighted by atomic mass is 19.1. The van der Waals surface area contributed by atoms with Gasteiger partial charge in [-0.25, -0.2) is 13.9 Å². The molecule has 0 unspecified atom stereocenters. The fourth-order valence-corrected chi connectivity index (χ4v) is 1.98. The Labute approximate surface area is 132 Å². The van der Waals surface area contributed by atoms with Gasteiger partial charge in [0.05, 0.1) is 5.69 Å². The molecular weight excluding hydrogens is 301 g/mol. The first-order valence-electron chi connectivity index (χ1n) is 7.02. The fourth-order valence-electron chi connectivity index (χ4n) is 1.98. The van der Waals surface area contributed by atoms with Crippen LogP contribution in [0.5, 0.6) is 0 Å². The van der Waals surface area contributed by atoms with Crippen LogP contribution < -0.4 is 16.0 Å². The van der Waals surface area contributed by atoms with Crippen molar-refractivity contribution in [2.45, 2.75) is 19.9 Å². The highest BCUT2D eigenvalue weighted by Crippen LogP contribution is 2.16. The molecule has 0 aliphatic rings. The Morgan fingerprint density at radius 1 is 1.30 bits per heavy atom. The molecule has 3 amide bonds. The third kappa shape index (κ3) is 4.06. The second kappa shape index (κ2) is 6.91. The smallest absolute Gasteiger partial charge is 0.321 e. The van der Waals surface area contributed by atoms with Gasteiger partial charge in [0.2, 0.25) is 5.91 Å². The molecule has 0 bridgehead atoms. The summed E-state index contributed by atoms with van der Waals surface area (Å²) in [5.41, 5.74) is 1.36. The molecule has 1 aromatic carbocycles. The van der Waals surface area contributed by atoms with E-state index in [4.69, 9.17) is 0 Å². The lowest BCUT2D eigenvalue weighted by atomic mass is 10.3. The number of rotatable bonds is 4.